The Morgan fingerprint density at radius 2 is 1.56 bits per heavy atom. The SMILES string of the molecule is CCCCCCCCc1cc(C2=CCC(c3ccc(OCC4CO4)cc3)C=C2)ccc1OCC1CO1. The van der Waals surface area contributed by atoms with Crippen molar-refractivity contribution in [2.75, 3.05) is 26.4 Å². The van der Waals surface area contributed by atoms with Crippen LogP contribution >= 0.6 is 0 Å². The molecule has 3 aliphatic rings. The van der Waals surface area contributed by atoms with Gasteiger partial charge in [0.05, 0.1) is 13.2 Å². The number of epoxide rings is 2. The Kier molecular flexibility index (Phi) is 8.79. The second-order valence-electron chi connectivity index (χ2n) is 10.3. The van der Waals surface area contributed by atoms with Gasteiger partial charge in [0.25, 0.3) is 0 Å². The van der Waals surface area contributed by atoms with Crippen LogP contribution in [0.3, 0.4) is 0 Å². The molecule has 1 aliphatic carbocycles. The number of unbranched alkanes of at least 4 members (excludes halogenated alkanes) is 5. The monoisotopic (exact) mass is 488 g/mol. The summed E-state index contributed by atoms with van der Waals surface area (Å²) in [5.74, 6) is 2.34. The largest absolute Gasteiger partial charge is 0.491 e. The second-order valence-corrected chi connectivity index (χ2v) is 10.3. The standard InChI is InChI=1S/C32H40O4/c1-2-3-4-5-6-7-8-28-19-27(15-18-32(28)36-23-31-22-35-31)26-11-9-24(10-12-26)25-13-16-29(17-14-25)33-20-30-21-34-30/h9,11-19,24,30-31H,2-8,10,20-23H2,1H3. The first-order valence-corrected chi connectivity index (χ1v) is 13.9. The van der Waals surface area contributed by atoms with Crippen LogP contribution in [-0.2, 0) is 15.9 Å². The molecule has 0 saturated carbocycles. The van der Waals surface area contributed by atoms with E-state index in [0.29, 0.717) is 19.1 Å². The van der Waals surface area contributed by atoms with E-state index in [1.54, 1.807) is 0 Å². The van der Waals surface area contributed by atoms with Crippen LogP contribution in [0.15, 0.2) is 60.7 Å². The Balaban J connectivity index is 1.19. The molecule has 2 heterocycles. The first-order valence-electron chi connectivity index (χ1n) is 13.9. The molecule has 4 heteroatoms. The molecule has 5 rings (SSSR count). The molecule has 0 bridgehead atoms. The zero-order valence-corrected chi connectivity index (χ0v) is 21.6. The predicted octanol–water partition coefficient (Wildman–Crippen LogP) is 7.27. The maximum atomic E-state index is 6.14. The third-order valence-electron chi connectivity index (χ3n) is 7.27. The molecule has 2 aliphatic heterocycles. The fourth-order valence-corrected chi connectivity index (χ4v) is 4.78. The Morgan fingerprint density at radius 3 is 2.25 bits per heavy atom. The van der Waals surface area contributed by atoms with E-state index in [0.717, 1.165) is 37.6 Å². The Bertz CT molecular complexity index is 1030. The van der Waals surface area contributed by atoms with Crippen LogP contribution in [0.4, 0.5) is 0 Å². The molecule has 0 aromatic heterocycles. The maximum absolute atomic E-state index is 6.14. The summed E-state index contributed by atoms with van der Waals surface area (Å²) in [6.07, 6.45) is 17.5. The molecule has 192 valence electrons. The van der Waals surface area contributed by atoms with Crippen molar-refractivity contribution < 1.29 is 18.9 Å². The Labute approximate surface area is 216 Å². The first kappa shape index (κ1) is 25.1. The van der Waals surface area contributed by atoms with E-state index < -0.39 is 0 Å². The molecule has 2 aromatic rings. The van der Waals surface area contributed by atoms with Gasteiger partial charge < -0.3 is 18.9 Å². The minimum atomic E-state index is 0.278. The summed E-state index contributed by atoms with van der Waals surface area (Å²) in [4.78, 5) is 0. The highest BCUT2D eigenvalue weighted by molar-refractivity contribution is 5.76. The summed E-state index contributed by atoms with van der Waals surface area (Å²) in [7, 11) is 0. The number of hydrogen-bond acceptors (Lipinski definition) is 4. The molecule has 0 radical (unpaired) electrons. The predicted molar refractivity (Wildman–Crippen MR) is 145 cm³/mol. The Hall–Kier alpha value is -2.56. The number of rotatable bonds is 15. The van der Waals surface area contributed by atoms with Gasteiger partial charge in [-0.25, -0.2) is 0 Å². The smallest absolute Gasteiger partial charge is 0.122 e. The van der Waals surface area contributed by atoms with Crippen LogP contribution in [0.25, 0.3) is 5.57 Å². The molecule has 0 spiro atoms. The van der Waals surface area contributed by atoms with E-state index in [1.165, 1.54) is 60.8 Å². The van der Waals surface area contributed by atoms with Crippen LogP contribution in [0, 0.1) is 0 Å². The summed E-state index contributed by atoms with van der Waals surface area (Å²) in [5.41, 5.74) is 5.24. The van der Waals surface area contributed by atoms with Crippen LogP contribution < -0.4 is 9.47 Å². The van der Waals surface area contributed by atoms with Crippen LogP contribution in [0.5, 0.6) is 11.5 Å². The summed E-state index contributed by atoms with van der Waals surface area (Å²) < 4.78 is 22.5. The van der Waals surface area contributed by atoms with E-state index in [4.69, 9.17) is 18.9 Å². The zero-order chi connectivity index (χ0) is 24.6. The van der Waals surface area contributed by atoms with Crippen LogP contribution in [0.2, 0.25) is 0 Å². The van der Waals surface area contributed by atoms with Gasteiger partial charge in [0.2, 0.25) is 0 Å². The minimum Gasteiger partial charge on any atom is -0.491 e. The molecular weight excluding hydrogens is 448 g/mol. The molecule has 2 fully saturated rings. The third kappa shape index (κ3) is 7.47. The normalized spacial score (nSPS) is 22.2. The molecule has 0 amide bonds. The summed E-state index contributed by atoms with van der Waals surface area (Å²) in [5, 5.41) is 0. The van der Waals surface area contributed by atoms with Gasteiger partial charge in [-0.2, -0.15) is 0 Å². The molecular formula is C32H40O4. The second kappa shape index (κ2) is 12.6. The highest BCUT2D eigenvalue weighted by Crippen LogP contribution is 2.34. The van der Waals surface area contributed by atoms with Gasteiger partial charge in [-0.15, -0.1) is 0 Å². The minimum absolute atomic E-state index is 0.278. The number of ether oxygens (including phenoxy) is 4. The molecule has 2 saturated heterocycles. The van der Waals surface area contributed by atoms with E-state index in [-0.39, 0.29) is 12.2 Å². The van der Waals surface area contributed by atoms with Crippen molar-refractivity contribution in [1.82, 2.24) is 0 Å². The lowest BCUT2D eigenvalue weighted by molar-refractivity contribution is 0.261. The fraction of sp³-hybridized carbons (Fsp3) is 0.500. The van der Waals surface area contributed by atoms with E-state index in [9.17, 15) is 0 Å². The molecule has 3 unspecified atom stereocenters. The Morgan fingerprint density at radius 1 is 0.833 bits per heavy atom. The zero-order valence-electron chi connectivity index (χ0n) is 21.6. The lowest BCUT2D eigenvalue weighted by Gasteiger charge is -2.19. The van der Waals surface area contributed by atoms with Crippen molar-refractivity contribution >= 4 is 5.57 Å². The summed E-state index contributed by atoms with van der Waals surface area (Å²) >= 11 is 0. The van der Waals surface area contributed by atoms with E-state index >= 15 is 0 Å². The molecule has 0 N–H and O–H groups in total. The van der Waals surface area contributed by atoms with Gasteiger partial charge in [0, 0.05) is 5.92 Å². The topological polar surface area (TPSA) is 43.5 Å². The average Bonchev–Trinajstić information content (AvgIpc) is 3.85. The average molecular weight is 489 g/mol. The van der Waals surface area contributed by atoms with Crippen LogP contribution in [0.1, 0.15) is 74.5 Å². The van der Waals surface area contributed by atoms with Crippen molar-refractivity contribution in [3.8, 4) is 11.5 Å². The van der Waals surface area contributed by atoms with Gasteiger partial charge in [-0.3, -0.25) is 0 Å². The number of benzene rings is 2. The number of allylic oxidation sites excluding steroid dienone is 4. The van der Waals surface area contributed by atoms with Crippen molar-refractivity contribution in [1.29, 1.82) is 0 Å². The lowest BCUT2D eigenvalue weighted by Crippen LogP contribution is -2.06. The van der Waals surface area contributed by atoms with Crippen molar-refractivity contribution in [3.05, 3.63) is 77.4 Å². The van der Waals surface area contributed by atoms with Gasteiger partial charge in [0.15, 0.2) is 0 Å². The van der Waals surface area contributed by atoms with Crippen LogP contribution in [-0.4, -0.2) is 38.6 Å². The van der Waals surface area contributed by atoms with Crippen molar-refractivity contribution in [3.63, 3.8) is 0 Å². The first-order chi connectivity index (χ1) is 17.8. The van der Waals surface area contributed by atoms with E-state index in [2.05, 4.69) is 67.6 Å². The molecule has 3 atom stereocenters. The third-order valence-corrected chi connectivity index (χ3v) is 7.27. The van der Waals surface area contributed by atoms with Crippen molar-refractivity contribution in [2.24, 2.45) is 0 Å². The molecule has 36 heavy (non-hydrogen) atoms. The molecule has 2 aromatic carbocycles. The highest BCUT2D eigenvalue weighted by Gasteiger charge is 2.24. The number of aryl methyl sites for hydroxylation is 1. The van der Waals surface area contributed by atoms with Gasteiger partial charge >= 0.3 is 0 Å². The van der Waals surface area contributed by atoms with Crippen molar-refractivity contribution in [2.45, 2.75) is 76.4 Å². The summed E-state index contributed by atoms with van der Waals surface area (Å²) in [6, 6.07) is 15.2. The highest BCUT2D eigenvalue weighted by atomic mass is 16.6. The quantitative estimate of drug-likeness (QED) is 0.195. The van der Waals surface area contributed by atoms with E-state index in [1.807, 2.05) is 0 Å². The maximum Gasteiger partial charge on any atom is 0.122 e. The lowest BCUT2D eigenvalue weighted by atomic mass is 9.87. The van der Waals surface area contributed by atoms with Gasteiger partial charge in [0.1, 0.15) is 36.9 Å². The molecule has 4 nitrogen and oxygen atoms in total. The number of hydrogen-bond donors (Lipinski definition) is 0. The van der Waals surface area contributed by atoms with Gasteiger partial charge in [-0.05, 0) is 65.8 Å². The summed E-state index contributed by atoms with van der Waals surface area (Å²) in [6.45, 7) is 5.23. The fourth-order valence-electron chi connectivity index (χ4n) is 4.78. The van der Waals surface area contributed by atoms with Gasteiger partial charge in [-0.1, -0.05) is 75.5 Å².